The van der Waals surface area contributed by atoms with Crippen molar-refractivity contribution in [3.8, 4) is 0 Å². The van der Waals surface area contributed by atoms with Gasteiger partial charge in [0, 0.05) is 0 Å². The molecule has 9 heteroatoms. The van der Waals surface area contributed by atoms with Crippen molar-refractivity contribution in [2.45, 2.75) is 37.4 Å². The van der Waals surface area contributed by atoms with Gasteiger partial charge in [-0.1, -0.05) is 6.92 Å². The predicted octanol–water partition coefficient (Wildman–Crippen LogP) is -3.33. The third-order valence-corrected chi connectivity index (χ3v) is 3.24. The Bertz CT molecular complexity index is 362. The minimum atomic E-state index is -1.48. The summed E-state index contributed by atoms with van der Waals surface area (Å²) in [6.07, 6.45) is -5.25. The molecular weight excluding hydrogens is 274 g/mol. The van der Waals surface area contributed by atoms with Crippen LogP contribution in [0.25, 0.3) is 0 Å². The molecule has 0 spiro atoms. The molecule has 1 fully saturated rings. The fraction of sp³-hybridized carbons (Fsp3) is 0.818. The van der Waals surface area contributed by atoms with Crippen LogP contribution in [0.4, 0.5) is 0 Å². The monoisotopic (exact) mass is 293 g/mol. The van der Waals surface area contributed by atoms with E-state index >= 15 is 0 Å². The van der Waals surface area contributed by atoms with E-state index in [-0.39, 0.29) is 6.61 Å². The van der Waals surface area contributed by atoms with Crippen LogP contribution in [0.5, 0.6) is 0 Å². The highest BCUT2D eigenvalue weighted by atomic mass is 16.5. The second kappa shape index (κ2) is 6.95. The van der Waals surface area contributed by atoms with E-state index in [2.05, 4.69) is 5.32 Å². The topological polar surface area (TPSA) is 157 Å². The Morgan fingerprint density at radius 1 is 1.30 bits per heavy atom. The first kappa shape index (κ1) is 16.8. The molecule has 0 aliphatic carbocycles. The van der Waals surface area contributed by atoms with Gasteiger partial charge in [-0.25, -0.2) is 4.79 Å². The highest BCUT2D eigenvalue weighted by Gasteiger charge is 2.42. The van der Waals surface area contributed by atoms with Crippen LogP contribution in [0.3, 0.4) is 0 Å². The predicted molar refractivity (Wildman–Crippen MR) is 63.6 cm³/mol. The summed E-state index contributed by atoms with van der Waals surface area (Å²) in [4.78, 5) is 22.5. The summed E-state index contributed by atoms with van der Waals surface area (Å²) in [5, 5.41) is 48.2. The van der Waals surface area contributed by atoms with Crippen molar-refractivity contribution in [1.29, 1.82) is 0 Å². The first-order valence-electron chi connectivity index (χ1n) is 6.09. The number of hydrogen-bond donors (Lipinski definition) is 6. The average Bonchev–Trinajstić information content (AvgIpc) is 2.41. The number of aliphatic hydroxyl groups is 4. The van der Waals surface area contributed by atoms with Gasteiger partial charge in [0.25, 0.3) is 0 Å². The summed E-state index contributed by atoms with van der Waals surface area (Å²) in [5.74, 6) is -3.12. The van der Waals surface area contributed by atoms with Gasteiger partial charge < -0.3 is 35.6 Å². The summed E-state index contributed by atoms with van der Waals surface area (Å²) < 4.78 is 5.10. The van der Waals surface area contributed by atoms with E-state index in [0.29, 0.717) is 0 Å². The molecule has 0 aromatic heterocycles. The zero-order valence-corrected chi connectivity index (χ0v) is 10.8. The second-order valence-corrected chi connectivity index (χ2v) is 4.72. The van der Waals surface area contributed by atoms with E-state index in [1.807, 2.05) is 0 Å². The maximum Gasteiger partial charge on any atom is 0.328 e. The van der Waals surface area contributed by atoms with Crippen LogP contribution in [0, 0.1) is 5.92 Å². The largest absolute Gasteiger partial charge is 0.480 e. The number of carboxylic acids is 1. The first-order valence-corrected chi connectivity index (χ1v) is 6.09. The smallest absolute Gasteiger partial charge is 0.328 e. The summed E-state index contributed by atoms with van der Waals surface area (Å²) in [7, 11) is 0. The molecular formula is C11H19NO8. The third-order valence-electron chi connectivity index (χ3n) is 3.24. The van der Waals surface area contributed by atoms with Crippen LogP contribution in [-0.4, -0.2) is 81.1 Å². The van der Waals surface area contributed by atoms with Gasteiger partial charge in [0.05, 0.1) is 25.2 Å². The SMILES string of the molecule is CC(C(=O)N[C@H](CO)C(=O)O)C1OC[C@@H](O)[C@H](O)C1O. The van der Waals surface area contributed by atoms with Crippen molar-refractivity contribution < 1.29 is 39.9 Å². The first-order chi connectivity index (χ1) is 9.29. The van der Waals surface area contributed by atoms with Gasteiger partial charge in [0.15, 0.2) is 0 Å². The summed E-state index contributed by atoms with van der Waals surface area (Å²) >= 11 is 0. The molecule has 20 heavy (non-hydrogen) atoms. The number of carbonyl (C=O) groups is 2. The number of ether oxygens (including phenoxy) is 1. The molecule has 1 amide bonds. The molecule has 9 nitrogen and oxygen atoms in total. The van der Waals surface area contributed by atoms with Crippen molar-refractivity contribution >= 4 is 11.9 Å². The lowest BCUT2D eigenvalue weighted by Crippen LogP contribution is -2.58. The molecule has 0 bridgehead atoms. The Morgan fingerprint density at radius 2 is 1.90 bits per heavy atom. The van der Waals surface area contributed by atoms with Gasteiger partial charge in [-0.15, -0.1) is 0 Å². The molecule has 0 aromatic carbocycles. The Hall–Kier alpha value is -1.26. The lowest BCUT2D eigenvalue weighted by Gasteiger charge is -2.37. The number of aliphatic carboxylic acids is 1. The van der Waals surface area contributed by atoms with Crippen LogP contribution in [0.15, 0.2) is 0 Å². The van der Waals surface area contributed by atoms with Gasteiger partial charge in [-0.3, -0.25) is 4.79 Å². The maximum absolute atomic E-state index is 11.8. The van der Waals surface area contributed by atoms with Crippen molar-refractivity contribution in [1.82, 2.24) is 5.32 Å². The minimum absolute atomic E-state index is 0.247. The molecule has 6 N–H and O–H groups in total. The van der Waals surface area contributed by atoms with Crippen LogP contribution >= 0.6 is 0 Å². The molecule has 1 rings (SSSR count). The zero-order chi connectivity index (χ0) is 15.4. The highest BCUT2D eigenvalue weighted by Crippen LogP contribution is 2.22. The molecule has 1 saturated heterocycles. The summed E-state index contributed by atoms with van der Waals surface area (Å²) in [6.45, 7) is 0.357. The molecule has 116 valence electrons. The number of hydrogen-bond acceptors (Lipinski definition) is 7. The van der Waals surface area contributed by atoms with Crippen LogP contribution < -0.4 is 5.32 Å². The van der Waals surface area contributed by atoms with E-state index in [9.17, 15) is 24.9 Å². The number of carboxylic acid groups (broad SMARTS) is 1. The zero-order valence-electron chi connectivity index (χ0n) is 10.8. The number of aliphatic hydroxyl groups excluding tert-OH is 4. The van der Waals surface area contributed by atoms with E-state index in [1.54, 1.807) is 0 Å². The fourth-order valence-electron chi connectivity index (χ4n) is 1.91. The Labute approximate surface area is 114 Å². The van der Waals surface area contributed by atoms with Gasteiger partial charge in [-0.2, -0.15) is 0 Å². The van der Waals surface area contributed by atoms with Gasteiger partial charge in [0.1, 0.15) is 24.4 Å². The molecule has 1 aliphatic rings. The molecule has 0 saturated carbocycles. The summed E-state index contributed by atoms with van der Waals surface area (Å²) in [5.41, 5.74) is 0. The highest BCUT2D eigenvalue weighted by molar-refractivity contribution is 5.85. The van der Waals surface area contributed by atoms with Crippen molar-refractivity contribution in [2.75, 3.05) is 13.2 Å². The molecule has 0 radical (unpaired) electrons. The van der Waals surface area contributed by atoms with Gasteiger partial charge in [0.2, 0.25) is 5.91 Å². The standard InChI is InChI=1S/C11H19NO8/c1-4(10(17)12-5(2-13)11(18)19)9-8(16)7(15)6(14)3-20-9/h4-9,13-16H,2-3H2,1H3,(H,12,17)(H,18,19)/t4?,5-,6-,7+,8?,9?/m1/s1. The average molecular weight is 293 g/mol. The van der Waals surface area contributed by atoms with E-state index in [0.717, 1.165) is 0 Å². The van der Waals surface area contributed by atoms with E-state index in [1.165, 1.54) is 6.92 Å². The van der Waals surface area contributed by atoms with E-state index in [4.69, 9.17) is 14.9 Å². The Kier molecular flexibility index (Phi) is 5.84. The number of amides is 1. The molecule has 6 atom stereocenters. The fourth-order valence-corrected chi connectivity index (χ4v) is 1.91. The molecule has 1 heterocycles. The summed E-state index contributed by atoms with van der Waals surface area (Å²) in [6, 6.07) is -1.46. The van der Waals surface area contributed by atoms with Gasteiger partial charge >= 0.3 is 5.97 Å². The van der Waals surface area contributed by atoms with Crippen LogP contribution in [0.1, 0.15) is 6.92 Å². The lowest BCUT2D eigenvalue weighted by atomic mass is 9.91. The van der Waals surface area contributed by atoms with E-state index < -0.39 is 54.9 Å². The van der Waals surface area contributed by atoms with Crippen LogP contribution in [-0.2, 0) is 14.3 Å². The Balaban J connectivity index is 2.67. The number of nitrogens with one attached hydrogen (secondary N) is 1. The van der Waals surface area contributed by atoms with Gasteiger partial charge in [-0.05, 0) is 0 Å². The van der Waals surface area contributed by atoms with Crippen molar-refractivity contribution in [3.63, 3.8) is 0 Å². The molecule has 1 aliphatic heterocycles. The minimum Gasteiger partial charge on any atom is -0.480 e. The molecule has 3 unspecified atom stereocenters. The third kappa shape index (κ3) is 3.64. The second-order valence-electron chi connectivity index (χ2n) is 4.72. The number of rotatable bonds is 5. The number of carbonyl (C=O) groups excluding carboxylic acids is 1. The van der Waals surface area contributed by atoms with Crippen molar-refractivity contribution in [3.05, 3.63) is 0 Å². The quantitative estimate of drug-likeness (QED) is 0.307. The van der Waals surface area contributed by atoms with Crippen LogP contribution in [0.2, 0.25) is 0 Å². The normalized spacial score (nSPS) is 33.2. The lowest BCUT2D eigenvalue weighted by molar-refractivity contribution is -0.200. The Morgan fingerprint density at radius 3 is 2.40 bits per heavy atom. The molecule has 0 aromatic rings. The van der Waals surface area contributed by atoms with Crippen molar-refractivity contribution in [2.24, 2.45) is 5.92 Å². The maximum atomic E-state index is 11.8.